The molecule has 39 heavy (non-hydrogen) atoms. The SMILES string of the molecule is Cc1nc(C)c(C(O)COc2cccc(C(F)(F)F)n2)c(C2CCN(C(=O)Nc3c(F)cccc3F)CC2)n1. The van der Waals surface area contributed by atoms with E-state index < -0.39 is 41.3 Å². The molecule has 4 rings (SSSR count). The van der Waals surface area contributed by atoms with Gasteiger partial charge in [-0.2, -0.15) is 13.2 Å². The van der Waals surface area contributed by atoms with Crippen LogP contribution in [0.5, 0.6) is 5.88 Å². The number of hydrogen-bond acceptors (Lipinski definition) is 6. The molecule has 1 aliphatic rings. The van der Waals surface area contributed by atoms with Gasteiger partial charge in [-0.25, -0.2) is 28.5 Å². The fraction of sp³-hybridized carbons (Fsp3) is 0.385. The molecule has 0 spiro atoms. The molecule has 3 aromatic rings. The Labute approximate surface area is 220 Å². The Balaban J connectivity index is 1.45. The Morgan fingerprint density at radius 3 is 2.36 bits per heavy atom. The molecule has 1 unspecified atom stereocenters. The van der Waals surface area contributed by atoms with Gasteiger partial charge in [0.05, 0.1) is 5.69 Å². The monoisotopic (exact) mass is 551 g/mol. The number of carbonyl (C=O) groups is 1. The fourth-order valence-electron chi connectivity index (χ4n) is 4.53. The van der Waals surface area contributed by atoms with E-state index in [9.17, 15) is 31.9 Å². The van der Waals surface area contributed by atoms with Crippen LogP contribution in [0, 0.1) is 25.5 Å². The number of nitrogens with one attached hydrogen (secondary N) is 1. The first-order valence-corrected chi connectivity index (χ1v) is 12.1. The molecule has 2 aromatic heterocycles. The zero-order valence-corrected chi connectivity index (χ0v) is 21.1. The lowest BCUT2D eigenvalue weighted by Gasteiger charge is -2.33. The number of aliphatic hydroxyl groups excluding tert-OH is 1. The highest BCUT2D eigenvalue weighted by atomic mass is 19.4. The lowest BCUT2D eigenvalue weighted by molar-refractivity contribution is -0.141. The summed E-state index contributed by atoms with van der Waals surface area (Å²) in [6.45, 7) is 3.51. The number of alkyl halides is 3. The maximum Gasteiger partial charge on any atom is 0.433 e. The van der Waals surface area contributed by atoms with E-state index in [-0.39, 0.29) is 31.5 Å². The third-order valence-corrected chi connectivity index (χ3v) is 6.38. The Kier molecular flexibility index (Phi) is 8.28. The van der Waals surface area contributed by atoms with Gasteiger partial charge in [-0.15, -0.1) is 0 Å². The highest BCUT2D eigenvalue weighted by Crippen LogP contribution is 2.34. The second-order valence-corrected chi connectivity index (χ2v) is 9.13. The van der Waals surface area contributed by atoms with Gasteiger partial charge in [-0.1, -0.05) is 12.1 Å². The van der Waals surface area contributed by atoms with Crippen LogP contribution in [0.1, 0.15) is 53.3 Å². The smallest absolute Gasteiger partial charge is 0.433 e. The summed E-state index contributed by atoms with van der Waals surface area (Å²) >= 11 is 0. The predicted octanol–water partition coefficient (Wildman–Crippen LogP) is 5.31. The molecule has 0 radical (unpaired) electrons. The number of benzene rings is 1. The van der Waals surface area contributed by atoms with Crippen LogP contribution >= 0.6 is 0 Å². The van der Waals surface area contributed by atoms with Crippen LogP contribution in [0.3, 0.4) is 0 Å². The summed E-state index contributed by atoms with van der Waals surface area (Å²) in [7, 11) is 0. The number of amides is 2. The number of rotatable bonds is 6. The average Bonchev–Trinajstić information content (AvgIpc) is 2.88. The number of para-hydroxylation sites is 1. The van der Waals surface area contributed by atoms with Crippen LogP contribution in [0.2, 0.25) is 0 Å². The molecule has 1 aliphatic heterocycles. The molecule has 1 saturated heterocycles. The zero-order valence-electron chi connectivity index (χ0n) is 21.1. The fourth-order valence-corrected chi connectivity index (χ4v) is 4.53. The Hall–Kier alpha value is -3.87. The van der Waals surface area contributed by atoms with Crippen molar-refractivity contribution in [2.75, 3.05) is 25.0 Å². The summed E-state index contributed by atoms with van der Waals surface area (Å²) in [4.78, 5) is 26.4. The normalized spacial score (nSPS) is 15.2. The van der Waals surface area contributed by atoms with Gasteiger partial charge in [0.25, 0.3) is 0 Å². The van der Waals surface area contributed by atoms with Gasteiger partial charge in [0.15, 0.2) is 0 Å². The van der Waals surface area contributed by atoms with E-state index in [0.29, 0.717) is 35.6 Å². The number of pyridine rings is 1. The van der Waals surface area contributed by atoms with Crippen molar-refractivity contribution in [1.29, 1.82) is 0 Å². The second kappa shape index (κ2) is 11.5. The van der Waals surface area contributed by atoms with Crippen LogP contribution in [0.4, 0.5) is 32.4 Å². The van der Waals surface area contributed by atoms with Crippen LogP contribution in [0.25, 0.3) is 0 Å². The average molecular weight is 552 g/mol. The topological polar surface area (TPSA) is 100 Å². The minimum absolute atomic E-state index is 0.184. The molecule has 0 saturated carbocycles. The Morgan fingerprint density at radius 1 is 1.08 bits per heavy atom. The number of hydrogen-bond donors (Lipinski definition) is 2. The summed E-state index contributed by atoms with van der Waals surface area (Å²) < 4.78 is 72.1. The van der Waals surface area contributed by atoms with Crippen molar-refractivity contribution in [3.8, 4) is 5.88 Å². The molecule has 0 aliphatic carbocycles. The van der Waals surface area contributed by atoms with Gasteiger partial charge in [-0.05, 0) is 44.9 Å². The van der Waals surface area contributed by atoms with Crippen molar-refractivity contribution < 1.29 is 36.6 Å². The number of halogens is 5. The molecule has 2 N–H and O–H groups in total. The number of likely N-dealkylation sites (tertiary alicyclic amines) is 1. The summed E-state index contributed by atoms with van der Waals surface area (Å²) in [6, 6.07) is 5.89. The number of ether oxygens (including phenoxy) is 1. The molecular formula is C26H26F5N5O3. The van der Waals surface area contributed by atoms with Crippen molar-refractivity contribution in [3.63, 3.8) is 0 Å². The number of anilines is 1. The summed E-state index contributed by atoms with van der Waals surface area (Å²) in [6.07, 6.45) is -5.01. The van der Waals surface area contributed by atoms with Crippen molar-refractivity contribution in [2.45, 2.75) is 44.9 Å². The molecule has 2 amide bonds. The Morgan fingerprint density at radius 2 is 1.72 bits per heavy atom. The first-order valence-electron chi connectivity index (χ1n) is 12.1. The van der Waals surface area contributed by atoms with E-state index in [1.165, 1.54) is 17.0 Å². The largest absolute Gasteiger partial charge is 0.475 e. The Bertz CT molecular complexity index is 1330. The maximum absolute atomic E-state index is 13.9. The minimum Gasteiger partial charge on any atom is -0.475 e. The van der Waals surface area contributed by atoms with Crippen molar-refractivity contribution >= 4 is 11.7 Å². The highest BCUT2D eigenvalue weighted by Gasteiger charge is 2.33. The molecular weight excluding hydrogens is 525 g/mol. The molecule has 1 atom stereocenters. The van der Waals surface area contributed by atoms with Gasteiger partial charge >= 0.3 is 12.2 Å². The molecule has 1 fully saturated rings. The van der Waals surface area contributed by atoms with Crippen molar-refractivity contribution in [1.82, 2.24) is 19.9 Å². The van der Waals surface area contributed by atoms with Crippen LogP contribution in [0.15, 0.2) is 36.4 Å². The van der Waals surface area contributed by atoms with Gasteiger partial charge in [0, 0.05) is 36.3 Å². The lowest BCUT2D eigenvalue weighted by atomic mass is 9.88. The van der Waals surface area contributed by atoms with Gasteiger partial charge in [-0.3, -0.25) is 0 Å². The van der Waals surface area contributed by atoms with Crippen LogP contribution in [-0.4, -0.2) is 50.7 Å². The third-order valence-electron chi connectivity index (χ3n) is 6.38. The molecule has 3 heterocycles. The number of piperidine rings is 1. The third kappa shape index (κ3) is 6.59. The molecule has 8 nitrogen and oxygen atoms in total. The first-order chi connectivity index (χ1) is 18.4. The number of carbonyl (C=O) groups excluding carboxylic acids is 1. The number of aryl methyl sites for hydroxylation is 2. The number of nitrogens with zero attached hydrogens (tertiary/aromatic N) is 4. The second-order valence-electron chi connectivity index (χ2n) is 9.13. The number of urea groups is 1. The first kappa shape index (κ1) is 28.1. The van der Waals surface area contributed by atoms with Gasteiger partial charge in [0.2, 0.25) is 5.88 Å². The molecule has 13 heteroatoms. The lowest BCUT2D eigenvalue weighted by Crippen LogP contribution is -2.41. The van der Waals surface area contributed by atoms with Crippen LogP contribution < -0.4 is 10.1 Å². The minimum atomic E-state index is -4.64. The van der Waals surface area contributed by atoms with E-state index in [2.05, 4.69) is 20.3 Å². The zero-order chi connectivity index (χ0) is 28.3. The highest BCUT2D eigenvalue weighted by molar-refractivity contribution is 5.89. The van der Waals surface area contributed by atoms with E-state index in [0.717, 1.165) is 24.3 Å². The molecule has 208 valence electrons. The van der Waals surface area contributed by atoms with Gasteiger partial charge in [0.1, 0.15) is 41.6 Å². The predicted molar refractivity (Wildman–Crippen MR) is 130 cm³/mol. The summed E-state index contributed by atoms with van der Waals surface area (Å²) in [5, 5.41) is 13.2. The molecule has 0 bridgehead atoms. The quantitative estimate of drug-likeness (QED) is 0.403. The number of aromatic nitrogens is 3. The summed E-state index contributed by atoms with van der Waals surface area (Å²) in [5.74, 6) is -1.77. The van der Waals surface area contributed by atoms with E-state index in [4.69, 9.17) is 4.74 Å². The van der Waals surface area contributed by atoms with Gasteiger partial charge < -0.3 is 20.1 Å². The molecule has 1 aromatic carbocycles. The maximum atomic E-state index is 13.9. The summed E-state index contributed by atoms with van der Waals surface area (Å²) in [5.41, 5.74) is -0.205. The van der Waals surface area contributed by atoms with E-state index in [1.807, 2.05) is 0 Å². The van der Waals surface area contributed by atoms with E-state index in [1.54, 1.807) is 13.8 Å². The number of aliphatic hydroxyl groups is 1. The van der Waals surface area contributed by atoms with Crippen LogP contribution in [-0.2, 0) is 6.18 Å². The van der Waals surface area contributed by atoms with E-state index >= 15 is 0 Å². The van der Waals surface area contributed by atoms with Crippen molar-refractivity contribution in [3.05, 3.63) is 76.5 Å². The van der Waals surface area contributed by atoms with Crippen molar-refractivity contribution in [2.24, 2.45) is 0 Å². The standard InChI is InChI=1S/C26H26F5N5O3/c1-14-22(19(37)13-39-21-8-4-7-20(34-21)26(29,30)31)23(33-15(2)32-14)16-9-11-36(12-10-16)25(38)35-24-17(27)5-3-6-18(24)28/h3-8,16,19,37H,9-13H2,1-2H3,(H,35,38).